The van der Waals surface area contributed by atoms with Crippen LogP contribution in [0, 0.1) is 0 Å². The Morgan fingerprint density at radius 1 is 1.44 bits per heavy atom. The van der Waals surface area contributed by atoms with Gasteiger partial charge in [0.05, 0.1) is 5.56 Å². The van der Waals surface area contributed by atoms with Crippen molar-refractivity contribution in [2.45, 2.75) is 19.1 Å². The molecule has 1 aromatic carbocycles. The number of benzene rings is 1. The average molecular weight is 221 g/mol. The maximum Gasteiger partial charge on any atom is 0.332 e. The number of carboxylic acids is 1. The Morgan fingerprint density at radius 3 is 2.69 bits per heavy atom. The molecule has 0 unspecified atom stereocenters. The lowest BCUT2D eigenvalue weighted by Crippen LogP contribution is -2.27. The van der Waals surface area contributed by atoms with Crippen LogP contribution in [0.3, 0.4) is 0 Å². The topological polar surface area (TPSA) is 79.1 Å². The summed E-state index contributed by atoms with van der Waals surface area (Å²) >= 11 is 0. The predicted molar refractivity (Wildman–Crippen MR) is 56.6 cm³/mol. The molecule has 0 saturated heterocycles. The first-order valence-corrected chi connectivity index (χ1v) is 4.85. The molecule has 2 rings (SSSR count). The molecule has 0 saturated carbocycles. The second-order valence-electron chi connectivity index (χ2n) is 3.56. The summed E-state index contributed by atoms with van der Waals surface area (Å²) in [5, 5.41) is 18.4. The molecule has 5 nitrogen and oxygen atoms in total. The SMILES string of the molecule is C[C@@H]1OC(c2ccccc2O)=N[C@H]1C(=O)O. The maximum absolute atomic E-state index is 10.8. The molecule has 0 radical (unpaired) electrons. The molecule has 1 aromatic rings. The lowest BCUT2D eigenvalue weighted by atomic mass is 10.2. The summed E-state index contributed by atoms with van der Waals surface area (Å²) < 4.78 is 5.31. The average Bonchev–Trinajstić information content (AvgIpc) is 2.61. The summed E-state index contributed by atoms with van der Waals surface area (Å²) in [6, 6.07) is 5.62. The van der Waals surface area contributed by atoms with Crippen LogP contribution in [0.1, 0.15) is 12.5 Å². The summed E-state index contributed by atoms with van der Waals surface area (Å²) in [6.45, 7) is 1.63. The Bertz CT molecular complexity index is 455. The van der Waals surface area contributed by atoms with Gasteiger partial charge in [-0.3, -0.25) is 0 Å². The van der Waals surface area contributed by atoms with Gasteiger partial charge in [-0.2, -0.15) is 0 Å². The minimum absolute atomic E-state index is 0.0273. The van der Waals surface area contributed by atoms with Crippen molar-refractivity contribution in [2.75, 3.05) is 0 Å². The molecule has 1 heterocycles. The highest BCUT2D eigenvalue weighted by molar-refractivity contribution is 5.99. The highest BCUT2D eigenvalue weighted by Crippen LogP contribution is 2.23. The van der Waals surface area contributed by atoms with Crippen molar-refractivity contribution in [3.05, 3.63) is 29.8 Å². The fourth-order valence-corrected chi connectivity index (χ4v) is 1.55. The van der Waals surface area contributed by atoms with E-state index in [0.717, 1.165) is 0 Å². The molecule has 16 heavy (non-hydrogen) atoms. The van der Waals surface area contributed by atoms with Crippen LogP contribution in [0.2, 0.25) is 0 Å². The van der Waals surface area contributed by atoms with Crippen molar-refractivity contribution in [3.8, 4) is 5.75 Å². The van der Waals surface area contributed by atoms with Crippen LogP contribution in [0.25, 0.3) is 0 Å². The number of aromatic hydroxyl groups is 1. The van der Waals surface area contributed by atoms with Gasteiger partial charge in [-0.05, 0) is 19.1 Å². The van der Waals surface area contributed by atoms with Crippen molar-refractivity contribution >= 4 is 11.9 Å². The first-order valence-electron chi connectivity index (χ1n) is 4.85. The van der Waals surface area contributed by atoms with E-state index in [0.29, 0.717) is 5.56 Å². The third-order valence-electron chi connectivity index (χ3n) is 2.39. The van der Waals surface area contributed by atoms with E-state index in [1.807, 2.05) is 0 Å². The molecule has 2 N–H and O–H groups in total. The van der Waals surface area contributed by atoms with Crippen molar-refractivity contribution in [1.29, 1.82) is 0 Å². The Labute approximate surface area is 92.0 Å². The number of hydrogen-bond acceptors (Lipinski definition) is 4. The first-order chi connectivity index (χ1) is 7.59. The van der Waals surface area contributed by atoms with Crippen molar-refractivity contribution in [3.63, 3.8) is 0 Å². The molecule has 1 aliphatic heterocycles. The minimum atomic E-state index is -1.03. The van der Waals surface area contributed by atoms with E-state index in [-0.39, 0.29) is 11.6 Å². The number of para-hydroxylation sites is 1. The third-order valence-corrected chi connectivity index (χ3v) is 2.39. The predicted octanol–water partition coefficient (Wildman–Crippen LogP) is 1.01. The number of phenols is 1. The maximum atomic E-state index is 10.8. The van der Waals surface area contributed by atoms with E-state index in [9.17, 15) is 9.90 Å². The number of ether oxygens (including phenoxy) is 1. The fourth-order valence-electron chi connectivity index (χ4n) is 1.55. The van der Waals surface area contributed by atoms with Crippen LogP contribution in [-0.4, -0.2) is 34.2 Å². The number of carbonyl (C=O) groups is 1. The van der Waals surface area contributed by atoms with Crippen LogP contribution < -0.4 is 0 Å². The minimum Gasteiger partial charge on any atom is -0.507 e. The molecule has 0 spiro atoms. The zero-order valence-electron chi connectivity index (χ0n) is 8.62. The van der Waals surface area contributed by atoms with E-state index in [2.05, 4.69) is 4.99 Å². The number of rotatable bonds is 2. The monoisotopic (exact) mass is 221 g/mol. The number of phenolic OH excluding ortho intramolecular Hbond substituents is 1. The van der Waals surface area contributed by atoms with E-state index >= 15 is 0 Å². The molecule has 5 heteroatoms. The smallest absolute Gasteiger partial charge is 0.332 e. The van der Waals surface area contributed by atoms with Crippen LogP contribution in [0.15, 0.2) is 29.3 Å². The van der Waals surface area contributed by atoms with E-state index < -0.39 is 18.1 Å². The van der Waals surface area contributed by atoms with Gasteiger partial charge in [0.2, 0.25) is 5.90 Å². The van der Waals surface area contributed by atoms with Crippen LogP contribution in [0.5, 0.6) is 5.75 Å². The normalized spacial score (nSPS) is 23.7. The number of nitrogens with zero attached hydrogens (tertiary/aromatic N) is 1. The zero-order valence-corrected chi connectivity index (χ0v) is 8.62. The van der Waals surface area contributed by atoms with Gasteiger partial charge in [-0.1, -0.05) is 12.1 Å². The van der Waals surface area contributed by atoms with Gasteiger partial charge in [-0.15, -0.1) is 0 Å². The fraction of sp³-hybridized carbons (Fsp3) is 0.273. The molecular weight excluding hydrogens is 210 g/mol. The molecule has 1 aliphatic rings. The molecule has 0 fully saturated rings. The second-order valence-corrected chi connectivity index (χ2v) is 3.56. The van der Waals surface area contributed by atoms with Gasteiger partial charge in [0.1, 0.15) is 11.9 Å². The largest absolute Gasteiger partial charge is 0.507 e. The number of aliphatic imine (C=N–C) groups is 1. The van der Waals surface area contributed by atoms with Gasteiger partial charge in [0.25, 0.3) is 0 Å². The van der Waals surface area contributed by atoms with Gasteiger partial charge in [0.15, 0.2) is 6.04 Å². The molecular formula is C11H11NO4. The molecule has 0 aromatic heterocycles. The number of hydrogen-bond donors (Lipinski definition) is 2. The molecule has 0 aliphatic carbocycles. The van der Waals surface area contributed by atoms with Gasteiger partial charge in [-0.25, -0.2) is 9.79 Å². The van der Waals surface area contributed by atoms with E-state index in [1.165, 1.54) is 6.07 Å². The van der Waals surface area contributed by atoms with Gasteiger partial charge < -0.3 is 14.9 Å². The van der Waals surface area contributed by atoms with E-state index in [1.54, 1.807) is 25.1 Å². The van der Waals surface area contributed by atoms with Crippen LogP contribution in [0.4, 0.5) is 0 Å². The van der Waals surface area contributed by atoms with E-state index in [4.69, 9.17) is 9.84 Å². The summed E-state index contributed by atoms with van der Waals surface area (Å²) in [7, 11) is 0. The van der Waals surface area contributed by atoms with Gasteiger partial charge >= 0.3 is 5.97 Å². The van der Waals surface area contributed by atoms with Crippen molar-refractivity contribution in [1.82, 2.24) is 0 Å². The standard InChI is InChI=1S/C11H11NO4/c1-6-9(11(14)15)12-10(16-6)7-4-2-3-5-8(7)13/h2-6,9,13H,1H3,(H,14,15)/t6-,9+/m0/s1. The first kappa shape index (κ1) is 10.5. The number of carboxylic acid groups (broad SMARTS) is 1. The van der Waals surface area contributed by atoms with Crippen molar-refractivity contribution in [2.24, 2.45) is 4.99 Å². The van der Waals surface area contributed by atoms with Crippen molar-refractivity contribution < 1.29 is 19.7 Å². The number of aliphatic carboxylic acids is 1. The third kappa shape index (κ3) is 1.71. The molecule has 84 valence electrons. The molecule has 0 bridgehead atoms. The Morgan fingerprint density at radius 2 is 2.12 bits per heavy atom. The highest BCUT2D eigenvalue weighted by atomic mass is 16.5. The Hall–Kier alpha value is -2.04. The quantitative estimate of drug-likeness (QED) is 0.781. The Balaban J connectivity index is 2.34. The zero-order chi connectivity index (χ0) is 11.7. The lowest BCUT2D eigenvalue weighted by molar-refractivity contribution is -0.139. The van der Waals surface area contributed by atoms with Gasteiger partial charge in [0, 0.05) is 0 Å². The van der Waals surface area contributed by atoms with Crippen LogP contribution >= 0.6 is 0 Å². The summed E-state index contributed by atoms with van der Waals surface area (Å²) in [6.07, 6.45) is -0.521. The summed E-state index contributed by atoms with van der Waals surface area (Å²) in [4.78, 5) is 14.8. The lowest BCUT2D eigenvalue weighted by Gasteiger charge is -2.08. The van der Waals surface area contributed by atoms with Crippen LogP contribution in [-0.2, 0) is 9.53 Å². The summed E-state index contributed by atoms with van der Waals surface area (Å²) in [5.74, 6) is -0.824. The molecule has 0 amide bonds. The second kappa shape index (κ2) is 3.84. The summed E-state index contributed by atoms with van der Waals surface area (Å²) in [5.41, 5.74) is 0.415. The highest BCUT2D eigenvalue weighted by Gasteiger charge is 2.34. The molecule has 2 atom stereocenters. The Kier molecular flexibility index (Phi) is 2.52.